The Hall–Kier alpha value is -2.93. The highest BCUT2D eigenvalue weighted by molar-refractivity contribution is 7.80. The Kier molecular flexibility index (Phi) is 6.08. The molecule has 7 heteroatoms. The molecule has 0 bridgehead atoms. The zero-order valence-corrected chi connectivity index (χ0v) is 14.6. The number of benzene rings is 2. The monoisotopic (exact) mass is 357 g/mol. The molecule has 0 heterocycles. The smallest absolute Gasteiger partial charge is 0.257 e. The first kappa shape index (κ1) is 18.4. The van der Waals surface area contributed by atoms with Gasteiger partial charge in [-0.05, 0) is 55.9 Å². The molecule has 0 atom stereocenters. The van der Waals surface area contributed by atoms with Gasteiger partial charge in [-0.2, -0.15) is 0 Å². The summed E-state index contributed by atoms with van der Waals surface area (Å²) in [5.41, 5.74) is 1.41. The van der Waals surface area contributed by atoms with Crippen LogP contribution < -0.4 is 20.5 Å². The van der Waals surface area contributed by atoms with E-state index < -0.39 is 11.9 Å². The number of carboxylic acid groups (broad SMARTS) is 1. The third-order valence-corrected chi connectivity index (χ3v) is 3.64. The van der Waals surface area contributed by atoms with Crippen LogP contribution in [0.5, 0.6) is 5.75 Å². The molecule has 0 fully saturated rings. The van der Waals surface area contributed by atoms with Crippen molar-refractivity contribution in [1.29, 1.82) is 0 Å². The summed E-state index contributed by atoms with van der Waals surface area (Å²) < 4.78 is 5.36. The fourth-order valence-corrected chi connectivity index (χ4v) is 2.42. The van der Waals surface area contributed by atoms with E-state index >= 15 is 0 Å². The Morgan fingerprint density at radius 2 is 1.92 bits per heavy atom. The maximum Gasteiger partial charge on any atom is 0.257 e. The van der Waals surface area contributed by atoms with E-state index in [2.05, 4.69) is 10.6 Å². The zero-order valence-electron chi connectivity index (χ0n) is 13.8. The standard InChI is InChI=1S/C18H18N2O4S/c1-3-24-13-7-4-6-12(10-13)16(21)20-18(25)19-15-9-5-8-14(11(15)2)17(22)23/h4-10H,3H2,1-2H3,(H,22,23)(H2,19,20,21,25)/p-1. The molecular formula is C18H17N2O4S-. The summed E-state index contributed by atoms with van der Waals surface area (Å²) in [7, 11) is 0. The highest BCUT2D eigenvalue weighted by atomic mass is 32.1. The lowest BCUT2D eigenvalue weighted by atomic mass is 10.1. The van der Waals surface area contributed by atoms with E-state index in [0.717, 1.165) is 0 Å². The van der Waals surface area contributed by atoms with Gasteiger partial charge < -0.3 is 20.0 Å². The molecule has 0 saturated carbocycles. The molecule has 2 N–H and O–H groups in total. The number of hydrogen-bond donors (Lipinski definition) is 2. The summed E-state index contributed by atoms with van der Waals surface area (Å²) in [5, 5.41) is 16.5. The van der Waals surface area contributed by atoms with Gasteiger partial charge in [0, 0.05) is 16.8 Å². The molecule has 0 saturated heterocycles. The molecule has 0 spiro atoms. The number of hydrogen-bond acceptors (Lipinski definition) is 5. The van der Waals surface area contributed by atoms with Gasteiger partial charge in [0.05, 0.1) is 12.6 Å². The van der Waals surface area contributed by atoms with Gasteiger partial charge in [-0.25, -0.2) is 0 Å². The molecule has 6 nitrogen and oxygen atoms in total. The number of carboxylic acids is 1. The van der Waals surface area contributed by atoms with Gasteiger partial charge in [-0.1, -0.05) is 18.2 Å². The van der Waals surface area contributed by atoms with Gasteiger partial charge in [0.1, 0.15) is 5.75 Å². The van der Waals surface area contributed by atoms with Crippen molar-refractivity contribution < 1.29 is 19.4 Å². The minimum atomic E-state index is -1.27. The average molecular weight is 357 g/mol. The van der Waals surface area contributed by atoms with Crippen LogP contribution in [0, 0.1) is 6.92 Å². The number of ether oxygens (including phenoxy) is 1. The number of nitrogens with one attached hydrogen (secondary N) is 2. The molecule has 1 amide bonds. The van der Waals surface area contributed by atoms with Crippen LogP contribution in [0.25, 0.3) is 0 Å². The summed E-state index contributed by atoms with van der Waals surface area (Å²) in [6, 6.07) is 11.4. The topological polar surface area (TPSA) is 90.5 Å². The highest BCUT2D eigenvalue weighted by Gasteiger charge is 2.11. The second kappa shape index (κ2) is 8.25. The van der Waals surface area contributed by atoms with Gasteiger partial charge in [-0.15, -0.1) is 0 Å². The maximum atomic E-state index is 12.3. The normalized spacial score (nSPS) is 10.0. The highest BCUT2D eigenvalue weighted by Crippen LogP contribution is 2.18. The van der Waals surface area contributed by atoms with Crippen LogP contribution >= 0.6 is 12.2 Å². The lowest BCUT2D eigenvalue weighted by Crippen LogP contribution is -2.34. The average Bonchev–Trinajstić information content (AvgIpc) is 2.57. The fraction of sp³-hybridized carbons (Fsp3) is 0.167. The first-order valence-corrected chi connectivity index (χ1v) is 7.99. The molecular weight excluding hydrogens is 340 g/mol. The summed E-state index contributed by atoms with van der Waals surface area (Å²) in [6.45, 7) is 3.98. The van der Waals surface area contributed by atoms with Crippen LogP contribution in [0.1, 0.15) is 33.2 Å². The quantitative estimate of drug-likeness (QED) is 0.794. The minimum absolute atomic E-state index is 0.0588. The van der Waals surface area contributed by atoms with Crippen LogP contribution in [0.15, 0.2) is 42.5 Å². The largest absolute Gasteiger partial charge is 0.545 e. The molecule has 0 aliphatic rings. The van der Waals surface area contributed by atoms with Gasteiger partial charge >= 0.3 is 0 Å². The van der Waals surface area contributed by atoms with Crippen molar-refractivity contribution in [3.05, 3.63) is 59.2 Å². The van der Waals surface area contributed by atoms with E-state index in [4.69, 9.17) is 17.0 Å². The predicted octanol–water partition coefficient (Wildman–Crippen LogP) is 1.88. The van der Waals surface area contributed by atoms with Gasteiger partial charge in [0.2, 0.25) is 0 Å². The Morgan fingerprint density at radius 1 is 1.20 bits per heavy atom. The molecule has 25 heavy (non-hydrogen) atoms. The lowest BCUT2D eigenvalue weighted by Gasteiger charge is -2.15. The third kappa shape index (κ3) is 4.77. The number of amides is 1. The Balaban J connectivity index is 2.08. The molecule has 0 unspecified atom stereocenters. The maximum absolute atomic E-state index is 12.3. The van der Waals surface area contributed by atoms with Gasteiger partial charge in [0.15, 0.2) is 5.11 Å². The van der Waals surface area contributed by atoms with E-state index in [9.17, 15) is 14.7 Å². The van der Waals surface area contributed by atoms with E-state index in [1.54, 1.807) is 43.3 Å². The fourth-order valence-electron chi connectivity index (χ4n) is 2.21. The number of anilines is 1. The van der Waals surface area contributed by atoms with Crippen LogP contribution in [0.3, 0.4) is 0 Å². The van der Waals surface area contributed by atoms with Crippen LogP contribution in [-0.4, -0.2) is 23.6 Å². The summed E-state index contributed by atoms with van der Waals surface area (Å²) in [6.07, 6.45) is 0. The number of carbonyl (C=O) groups is 2. The van der Waals surface area contributed by atoms with Gasteiger partial charge in [-0.3, -0.25) is 10.1 Å². The molecule has 2 aromatic carbocycles. The predicted molar refractivity (Wildman–Crippen MR) is 96.8 cm³/mol. The third-order valence-electron chi connectivity index (χ3n) is 3.44. The number of aromatic carboxylic acids is 1. The van der Waals surface area contributed by atoms with Crippen LogP contribution in [0.2, 0.25) is 0 Å². The number of thiocarbonyl (C=S) groups is 1. The SMILES string of the molecule is CCOc1cccc(C(=O)NC(=S)Nc2cccc(C(=O)[O-])c2C)c1. The Bertz CT molecular complexity index is 820. The molecule has 0 aliphatic carbocycles. The first-order chi connectivity index (χ1) is 11.9. The molecule has 130 valence electrons. The van der Waals surface area contributed by atoms with Crippen molar-refractivity contribution in [2.75, 3.05) is 11.9 Å². The van der Waals surface area contributed by atoms with Crippen molar-refractivity contribution >= 4 is 34.9 Å². The van der Waals surface area contributed by atoms with Crippen LogP contribution in [0.4, 0.5) is 5.69 Å². The van der Waals surface area contributed by atoms with Gasteiger partial charge in [0.25, 0.3) is 5.91 Å². The molecule has 0 aromatic heterocycles. The van der Waals surface area contributed by atoms with Crippen molar-refractivity contribution in [2.45, 2.75) is 13.8 Å². The number of carbonyl (C=O) groups excluding carboxylic acids is 2. The van der Waals surface area contributed by atoms with Crippen LogP contribution in [-0.2, 0) is 0 Å². The molecule has 0 radical (unpaired) electrons. The second-order valence-corrected chi connectivity index (χ2v) is 5.54. The van der Waals surface area contributed by atoms with Crippen molar-refractivity contribution in [1.82, 2.24) is 5.32 Å². The lowest BCUT2D eigenvalue weighted by molar-refractivity contribution is -0.255. The van der Waals surface area contributed by atoms with Crippen molar-refractivity contribution in [2.24, 2.45) is 0 Å². The van der Waals surface area contributed by atoms with E-state index in [-0.39, 0.29) is 10.7 Å². The summed E-state index contributed by atoms with van der Waals surface area (Å²) >= 11 is 5.13. The van der Waals surface area contributed by atoms with Crippen molar-refractivity contribution in [3.63, 3.8) is 0 Å². The first-order valence-electron chi connectivity index (χ1n) is 7.58. The Morgan fingerprint density at radius 3 is 2.60 bits per heavy atom. The van der Waals surface area contributed by atoms with E-state index in [1.165, 1.54) is 6.07 Å². The number of rotatable bonds is 5. The molecule has 2 rings (SSSR count). The van der Waals surface area contributed by atoms with Crippen molar-refractivity contribution in [3.8, 4) is 5.75 Å². The molecule has 2 aromatic rings. The summed E-state index contributed by atoms with van der Waals surface area (Å²) in [4.78, 5) is 23.3. The summed E-state index contributed by atoms with van der Waals surface area (Å²) in [5.74, 6) is -1.08. The Labute approximate surface area is 150 Å². The minimum Gasteiger partial charge on any atom is -0.545 e. The van der Waals surface area contributed by atoms with E-state index in [1.807, 2.05) is 6.92 Å². The second-order valence-electron chi connectivity index (χ2n) is 5.13. The molecule has 0 aliphatic heterocycles. The van der Waals surface area contributed by atoms with E-state index in [0.29, 0.717) is 29.2 Å². The zero-order chi connectivity index (χ0) is 18.4.